The Balaban J connectivity index is 0.00000341. The summed E-state index contributed by atoms with van der Waals surface area (Å²) in [6.07, 6.45) is -2.56. The first-order valence-electron chi connectivity index (χ1n) is 10.5. The van der Waals surface area contributed by atoms with Gasteiger partial charge in [-0.05, 0) is 38.4 Å². The van der Waals surface area contributed by atoms with Crippen molar-refractivity contribution >= 4 is 47.2 Å². The molecule has 3 rings (SSSR count). The van der Waals surface area contributed by atoms with Gasteiger partial charge in [-0.3, -0.25) is 4.99 Å². The first-order chi connectivity index (χ1) is 14.3. The van der Waals surface area contributed by atoms with Crippen molar-refractivity contribution in [2.24, 2.45) is 10.9 Å². The molecule has 176 valence electrons. The summed E-state index contributed by atoms with van der Waals surface area (Å²) < 4.78 is 39.3. The third-order valence-electron chi connectivity index (χ3n) is 6.07. The third kappa shape index (κ3) is 7.28. The van der Waals surface area contributed by atoms with Crippen LogP contribution in [0.15, 0.2) is 23.2 Å². The summed E-state index contributed by atoms with van der Waals surface area (Å²) in [7, 11) is 3.75. The first-order valence-corrected chi connectivity index (χ1v) is 10.9. The molecule has 5 nitrogen and oxygen atoms in total. The molecule has 0 radical (unpaired) electrons. The average Bonchev–Trinajstić information content (AvgIpc) is 2.72. The molecule has 1 aliphatic carbocycles. The molecule has 0 bridgehead atoms. The van der Waals surface area contributed by atoms with Crippen LogP contribution >= 0.6 is 35.6 Å². The van der Waals surface area contributed by atoms with Gasteiger partial charge in [0.05, 0.1) is 5.92 Å². The second kappa shape index (κ2) is 11.8. The summed E-state index contributed by atoms with van der Waals surface area (Å²) in [5.74, 6) is -0.735. The van der Waals surface area contributed by atoms with Crippen molar-refractivity contribution in [1.82, 2.24) is 15.5 Å². The minimum atomic E-state index is -4.13. The average molecular weight is 574 g/mol. The molecule has 10 heteroatoms. The summed E-state index contributed by atoms with van der Waals surface area (Å²) in [6.45, 7) is 4.29. The standard InChI is InChI=1S/C21H31ClF3N5.HI/c1-26-20(28-16-6-3-5-15(13-16)21(23,24)25)27-14-17-18(22)7-4-8-19(17)30-11-9-29(2)10-12-30;/h4,7-8,15-16H,3,5-6,9-14H2,1-2H3,(H2,26,27,28);1H. The van der Waals surface area contributed by atoms with E-state index >= 15 is 0 Å². The van der Waals surface area contributed by atoms with E-state index in [0.29, 0.717) is 30.4 Å². The van der Waals surface area contributed by atoms with Crippen LogP contribution < -0.4 is 15.5 Å². The zero-order valence-corrected chi connectivity index (χ0v) is 21.1. The van der Waals surface area contributed by atoms with Gasteiger partial charge in [0.2, 0.25) is 0 Å². The van der Waals surface area contributed by atoms with Crippen molar-refractivity contribution in [1.29, 1.82) is 0 Å². The number of benzene rings is 1. The fourth-order valence-electron chi connectivity index (χ4n) is 4.24. The molecular weight excluding hydrogens is 542 g/mol. The van der Waals surface area contributed by atoms with Crippen LogP contribution in [0.3, 0.4) is 0 Å². The van der Waals surface area contributed by atoms with E-state index in [1.54, 1.807) is 7.05 Å². The van der Waals surface area contributed by atoms with Gasteiger partial charge in [-0.15, -0.1) is 24.0 Å². The Morgan fingerprint density at radius 3 is 2.55 bits per heavy atom. The van der Waals surface area contributed by atoms with Crippen LogP contribution in [-0.2, 0) is 6.54 Å². The number of likely N-dealkylation sites (N-methyl/N-ethyl adjacent to an activating group) is 1. The fraction of sp³-hybridized carbons (Fsp3) is 0.667. The number of rotatable bonds is 4. The van der Waals surface area contributed by atoms with Gasteiger partial charge in [-0.2, -0.15) is 13.2 Å². The predicted molar refractivity (Wildman–Crippen MR) is 132 cm³/mol. The number of hydrogen-bond acceptors (Lipinski definition) is 3. The predicted octanol–water partition coefficient (Wildman–Crippen LogP) is 4.50. The quantitative estimate of drug-likeness (QED) is 0.316. The lowest BCUT2D eigenvalue weighted by atomic mass is 9.85. The molecule has 0 aromatic heterocycles. The van der Waals surface area contributed by atoms with E-state index in [1.807, 2.05) is 12.1 Å². The zero-order chi connectivity index (χ0) is 21.7. The molecule has 1 saturated heterocycles. The highest BCUT2D eigenvalue weighted by Gasteiger charge is 2.42. The number of hydrogen-bond donors (Lipinski definition) is 2. The third-order valence-corrected chi connectivity index (χ3v) is 6.43. The summed E-state index contributed by atoms with van der Waals surface area (Å²) in [6, 6.07) is 5.65. The maximum atomic E-state index is 13.1. The van der Waals surface area contributed by atoms with Crippen LogP contribution in [0.2, 0.25) is 5.02 Å². The van der Waals surface area contributed by atoms with E-state index in [9.17, 15) is 13.2 Å². The van der Waals surface area contributed by atoms with Crippen LogP contribution in [0.4, 0.5) is 18.9 Å². The molecule has 2 fully saturated rings. The first kappa shape index (κ1) is 26.3. The molecule has 1 heterocycles. The molecular formula is C21H32ClF3IN5. The van der Waals surface area contributed by atoms with Gasteiger partial charge in [-0.25, -0.2) is 0 Å². The number of anilines is 1. The van der Waals surface area contributed by atoms with Crippen LogP contribution in [-0.4, -0.2) is 63.4 Å². The summed E-state index contributed by atoms with van der Waals surface area (Å²) in [4.78, 5) is 8.84. The SMILES string of the molecule is CN=C(NCc1c(Cl)cccc1N1CCN(C)CC1)NC1CCCC(C(F)(F)F)C1.I. The second-order valence-corrected chi connectivity index (χ2v) is 8.61. The van der Waals surface area contributed by atoms with Crippen LogP contribution in [0.5, 0.6) is 0 Å². The summed E-state index contributed by atoms with van der Waals surface area (Å²) >= 11 is 6.50. The number of guanidine groups is 1. The van der Waals surface area contributed by atoms with Crippen LogP contribution in [0.1, 0.15) is 31.2 Å². The smallest absolute Gasteiger partial charge is 0.369 e. The fourth-order valence-corrected chi connectivity index (χ4v) is 4.48. The molecule has 1 aliphatic heterocycles. The number of piperazine rings is 1. The lowest BCUT2D eigenvalue weighted by Crippen LogP contribution is -2.47. The van der Waals surface area contributed by atoms with Crippen molar-refractivity contribution < 1.29 is 13.2 Å². The monoisotopic (exact) mass is 573 g/mol. The van der Waals surface area contributed by atoms with E-state index in [1.165, 1.54) is 0 Å². The number of nitrogens with zero attached hydrogens (tertiary/aromatic N) is 3. The van der Waals surface area contributed by atoms with Gasteiger partial charge in [0, 0.05) is 62.1 Å². The minimum absolute atomic E-state index is 0. The molecule has 0 spiro atoms. The van der Waals surface area contributed by atoms with Crippen molar-refractivity contribution in [3.8, 4) is 0 Å². The van der Waals surface area contributed by atoms with Gasteiger partial charge in [0.15, 0.2) is 5.96 Å². The van der Waals surface area contributed by atoms with E-state index < -0.39 is 12.1 Å². The van der Waals surface area contributed by atoms with Gasteiger partial charge in [-0.1, -0.05) is 24.1 Å². The van der Waals surface area contributed by atoms with E-state index in [2.05, 4.69) is 38.5 Å². The lowest BCUT2D eigenvalue weighted by Gasteiger charge is -2.35. The topological polar surface area (TPSA) is 42.9 Å². The molecule has 1 saturated carbocycles. The number of alkyl halides is 3. The Labute approximate surface area is 204 Å². The maximum Gasteiger partial charge on any atom is 0.391 e. The van der Waals surface area contributed by atoms with Gasteiger partial charge >= 0.3 is 6.18 Å². The Morgan fingerprint density at radius 1 is 1.19 bits per heavy atom. The highest BCUT2D eigenvalue weighted by atomic mass is 127. The van der Waals surface area contributed by atoms with E-state index in [-0.39, 0.29) is 42.9 Å². The zero-order valence-electron chi connectivity index (χ0n) is 18.0. The minimum Gasteiger partial charge on any atom is -0.369 e. The molecule has 2 atom stereocenters. The lowest BCUT2D eigenvalue weighted by molar-refractivity contribution is -0.183. The van der Waals surface area contributed by atoms with Crippen molar-refractivity contribution in [2.75, 3.05) is 45.2 Å². The molecule has 2 unspecified atom stereocenters. The van der Waals surface area contributed by atoms with Gasteiger partial charge in [0.1, 0.15) is 0 Å². The largest absolute Gasteiger partial charge is 0.391 e. The number of aliphatic imine (C=N–C) groups is 1. The molecule has 2 N–H and O–H groups in total. The van der Waals surface area contributed by atoms with Crippen molar-refractivity contribution in [3.63, 3.8) is 0 Å². The Morgan fingerprint density at radius 2 is 1.90 bits per heavy atom. The summed E-state index contributed by atoms with van der Waals surface area (Å²) in [5, 5.41) is 7.10. The molecule has 0 amide bonds. The van der Waals surface area contributed by atoms with Gasteiger partial charge in [0.25, 0.3) is 0 Å². The Bertz CT molecular complexity index is 738. The molecule has 1 aromatic carbocycles. The molecule has 31 heavy (non-hydrogen) atoms. The van der Waals surface area contributed by atoms with Crippen LogP contribution in [0, 0.1) is 5.92 Å². The highest BCUT2D eigenvalue weighted by Crippen LogP contribution is 2.37. The van der Waals surface area contributed by atoms with E-state index in [0.717, 1.165) is 37.4 Å². The second-order valence-electron chi connectivity index (χ2n) is 8.20. The van der Waals surface area contributed by atoms with Gasteiger partial charge < -0.3 is 20.4 Å². The maximum absolute atomic E-state index is 13.1. The Hall–Kier alpha value is -0.940. The number of halogens is 5. The summed E-state index contributed by atoms with van der Waals surface area (Å²) in [5.41, 5.74) is 2.07. The van der Waals surface area contributed by atoms with Crippen molar-refractivity contribution in [3.05, 3.63) is 28.8 Å². The normalized spacial score (nSPS) is 23.3. The number of nitrogens with one attached hydrogen (secondary N) is 2. The van der Waals surface area contributed by atoms with Crippen molar-refractivity contribution in [2.45, 2.75) is 44.4 Å². The highest BCUT2D eigenvalue weighted by molar-refractivity contribution is 14.0. The van der Waals surface area contributed by atoms with Crippen LogP contribution in [0.25, 0.3) is 0 Å². The molecule has 2 aliphatic rings. The molecule has 1 aromatic rings. The Kier molecular flexibility index (Phi) is 10.0. The van der Waals surface area contributed by atoms with E-state index in [4.69, 9.17) is 11.6 Å².